The Labute approximate surface area is 130 Å². The van der Waals surface area contributed by atoms with E-state index in [0.717, 1.165) is 27.8 Å². The van der Waals surface area contributed by atoms with Crippen LogP contribution in [0.25, 0.3) is 11.0 Å². The van der Waals surface area contributed by atoms with Crippen LogP contribution in [-0.2, 0) is 6.42 Å². The lowest BCUT2D eigenvalue weighted by molar-refractivity contribution is 1.09. The van der Waals surface area contributed by atoms with Crippen LogP contribution in [0.2, 0.25) is 0 Å². The lowest BCUT2D eigenvalue weighted by Gasteiger charge is -2.12. The van der Waals surface area contributed by atoms with Gasteiger partial charge in [-0.05, 0) is 30.2 Å². The summed E-state index contributed by atoms with van der Waals surface area (Å²) < 4.78 is 1.07. The van der Waals surface area contributed by atoms with Crippen molar-refractivity contribution in [1.29, 1.82) is 0 Å². The summed E-state index contributed by atoms with van der Waals surface area (Å²) in [6.45, 7) is 2.12. The Balaban J connectivity index is 2.07. The standard InChI is InChI=1S/C14H15BrN6/c1-3-8-6-9(15)4-5-11(8)18-12-10-7-17-21-13(10)20-14(16-2)19-12/h4-7H,3H2,1-2H3,(H3,16,17,18,19,20,21). The molecule has 1 aromatic carbocycles. The van der Waals surface area contributed by atoms with E-state index in [1.165, 1.54) is 5.56 Å². The molecule has 7 heteroatoms. The highest BCUT2D eigenvalue weighted by atomic mass is 79.9. The molecule has 0 unspecified atom stereocenters. The van der Waals surface area contributed by atoms with Crippen LogP contribution in [0.3, 0.4) is 0 Å². The highest BCUT2D eigenvalue weighted by Gasteiger charge is 2.10. The topological polar surface area (TPSA) is 78.5 Å². The van der Waals surface area contributed by atoms with Crippen molar-refractivity contribution in [2.24, 2.45) is 0 Å². The molecule has 0 bridgehead atoms. The molecule has 3 rings (SSSR count). The molecule has 0 saturated heterocycles. The predicted octanol–water partition coefficient (Wildman–Crippen LogP) is 3.46. The Kier molecular flexibility index (Phi) is 3.74. The summed E-state index contributed by atoms with van der Waals surface area (Å²) in [7, 11) is 1.79. The normalized spacial score (nSPS) is 10.8. The molecule has 3 N–H and O–H groups in total. The van der Waals surface area contributed by atoms with Crippen molar-refractivity contribution in [3.05, 3.63) is 34.4 Å². The van der Waals surface area contributed by atoms with Crippen LogP contribution < -0.4 is 10.6 Å². The number of nitrogens with one attached hydrogen (secondary N) is 3. The van der Waals surface area contributed by atoms with Crippen molar-refractivity contribution in [2.45, 2.75) is 13.3 Å². The molecule has 0 aliphatic rings. The zero-order valence-electron chi connectivity index (χ0n) is 11.7. The molecule has 0 atom stereocenters. The summed E-state index contributed by atoms with van der Waals surface area (Å²) in [5.74, 6) is 1.28. The van der Waals surface area contributed by atoms with Gasteiger partial charge in [0.1, 0.15) is 5.82 Å². The van der Waals surface area contributed by atoms with Gasteiger partial charge in [0.05, 0.1) is 11.6 Å². The number of hydrogen-bond acceptors (Lipinski definition) is 5. The van der Waals surface area contributed by atoms with Crippen LogP contribution in [0.4, 0.5) is 17.5 Å². The molecule has 0 fully saturated rings. The van der Waals surface area contributed by atoms with Gasteiger partial charge in [0, 0.05) is 17.2 Å². The third-order valence-electron chi connectivity index (χ3n) is 3.23. The summed E-state index contributed by atoms with van der Waals surface area (Å²) in [5.41, 5.74) is 2.95. The van der Waals surface area contributed by atoms with E-state index in [1.54, 1.807) is 13.2 Å². The van der Waals surface area contributed by atoms with E-state index in [0.29, 0.717) is 11.6 Å². The van der Waals surface area contributed by atoms with Gasteiger partial charge in [-0.1, -0.05) is 22.9 Å². The zero-order chi connectivity index (χ0) is 14.8. The molecular formula is C14H15BrN6. The van der Waals surface area contributed by atoms with Gasteiger partial charge in [-0.25, -0.2) is 0 Å². The first-order valence-corrected chi connectivity index (χ1v) is 7.45. The van der Waals surface area contributed by atoms with Gasteiger partial charge in [-0.15, -0.1) is 0 Å². The Hall–Kier alpha value is -2.15. The molecule has 0 amide bonds. The van der Waals surface area contributed by atoms with E-state index >= 15 is 0 Å². The Bertz CT molecular complexity index is 782. The third kappa shape index (κ3) is 2.69. The number of fused-ring (bicyclic) bond motifs is 1. The number of halogens is 1. The molecule has 0 saturated carbocycles. The van der Waals surface area contributed by atoms with Crippen molar-refractivity contribution in [3.63, 3.8) is 0 Å². The zero-order valence-corrected chi connectivity index (χ0v) is 13.3. The van der Waals surface area contributed by atoms with Crippen LogP contribution in [0.1, 0.15) is 12.5 Å². The fourth-order valence-electron chi connectivity index (χ4n) is 2.15. The van der Waals surface area contributed by atoms with Crippen LogP contribution in [0.5, 0.6) is 0 Å². The summed E-state index contributed by atoms with van der Waals surface area (Å²) in [6.07, 6.45) is 2.65. The molecule has 0 spiro atoms. The fraction of sp³-hybridized carbons (Fsp3) is 0.214. The van der Waals surface area contributed by atoms with Gasteiger partial charge in [0.2, 0.25) is 5.95 Å². The minimum atomic E-state index is 0.546. The van der Waals surface area contributed by atoms with Crippen LogP contribution in [0, 0.1) is 0 Å². The highest BCUT2D eigenvalue weighted by Crippen LogP contribution is 2.28. The maximum absolute atomic E-state index is 4.48. The lowest BCUT2D eigenvalue weighted by Crippen LogP contribution is -2.02. The largest absolute Gasteiger partial charge is 0.357 e. The van der Waals surface area contributed by atoms with Crippen molar-refractivity contribution >= 4 is 44.4 Å². The molecule has 2 heterocycles. The average Bonchev–Trinajstić information content (AvgIpc) is 2.97. The molecule has 6 nitrogen and oxygen atoms in total. The number of rotatable bonds is 4. The van der Waals surface area contributed by atoms with E-state index in [9.17, 15) is 0 Å². The SMILES string of the molecule is CCc1cc(Br)ccc1Nc1nc(NC)nc2[nH]ncc12. The van der Waals surface area contributed by atoms with Crippen molar-refractivity contribution in [2.75, 3.05) is 17.7 Å². The van der Waals surface area contributed by atoms with E-state index < -0.39 is 0 Å². The number of hydrogen-bond donors (Lipinski definition) is 3. The summed E-state index contributed by atoms with van der Waals surface area (Å²) >= 11 is 3.50. The summed E-state index contributed by atoms with van der Waals surface area (Å²) in [6, 6.07) is 6.15. The average molecular weight is 347 g/mol. The van der Waals surface area contributed by atoms with Gasteiger partial charge in [-0.3, -0.25) is 5.10 Å². The quantitative estimate of drug-likeness (QED) is 0.674. The smallest absolute Gasteiger partial charge is 0.226 e. The number of aromatic amines is 1. The number of H-pyrrole nitrogens is 1. The highest BCUT2D eigenvalue weighted by molar-refractivity contribution is 9.10. The number of anilines is 3. The molecular weight excluding hydrogens is 332 g/mol. The van der Waals surface area contributed by atoms with Crippen molar-refractivity contribution in [1.82, 2.24) is 20.2 Å². The van der Waals surface area contributed by atoms with Gasteiger partial charge >= 0.3 is 0 Å². The molecule has 0 radical (unpaired) electrons. The van der Waals surface area contributed by atoms with Gasteiger partial charge in [-0.2, -0.15) is 15.1 Å². The Morgan fingerprint density at radius 2 is 2.14 bits per heavy atom. The lowest BCUT2D eigenvalue weighted by atomic mass is 10.1. The van der Waals surface area contributed by atoms with Crippen LogP contribution >= 0.6 is 15.9 Å². The van der Waals surface area contributed by atoms with Crippen LogP contribution in [-0.4, -0.2) is 27.2 Å². The number of benzene rings is 1. The van der Waals surface area contributed by atoms with E-state index in [1.807, 2.05) is 12.1 Å². The second-order valence-electron chi connectivity index (χ2n) is 4.56. The first-order chi connectivity index (χ1) is 10.2. The summed E-state index contributed by atoms with van der Waals surface area (Å²) in [5, 5.41) is 14.1. The van der Waals surface area contributed by atoms with Gasteiger partial charge in [0.25, 0.3) is 0 Å². The van der Waals surface area contributed by atoms with Crippen molar-refractivity contribution < 1.29 is 0 Å². The molecule has 21 heavy (non-hydrogen) atoms. The second kappa shape index (κ2) is 5.69. The maximum atomic E-state index is 4.48. The van der Waals surface area contributed by atoms with E-state index in [-0.39, 0.29) is 0 Å². The number of aromatic nitrogens is 4. The third-order valence-corrected chi connectivity index (χ3v) is 3.73. The first-order valence-electron chi connectivity index (χ1n) is 6.65. The Morgan fingerprint density at radius 3 is 2.90 bits per heavy atom. The maximum Gasteiger partial charge on any atom is 0.226 e. The van der Waals surface area contributed by atoms with E-state index in [4.69, 9.17) is 0 Å². The van der Waals surface area contributed by atoms with E-state index in [2.05, 4.69) is 59.7 Å². The molecule has 0 aliphatic carbocycles. The van der Waals surface area contributed by atoms with Crippen LogP contribution in [0.15, 0.2) is 28.9 Å². The first kappa shape index (κ1) is 13.8. The van der Waals surface area contributed by atoms with Crippen molar-refractivity contribution in [3.8, 4) is 0 Å². The monoisotopic (exact) mass is 346 g/mol. The molecule has 0 aliphatic heterocycles. The fourth-order valence-corrected chi connectivity index (χ4v) is 2.55. The molecule has 2 aromatic heterocycles. The minimum absolute atomic E-state index is 0.546. The van der Waals surface area contributed by atoms with Gasteiger partial charge in [0.15, 0.2) is 5.65 Å². The second-order valence-corrected chi connectivity index (χ2v) is 5.47. The molecule has 108 valence electrons. The van der Waals surface area contributed by atoms with Gasteiger partial charge < -0.3 is 10.6 Å². The Morgan fingerprint density at radius 1 is 1.29 bits per heavy atom. The number of nitrogens with zero attached hydrogens (tertiary/aromatic N) is 3. The summed E-state index contributed by atoms with van der Waals surface area (Å²) in [4.78, 5) is 8.80. The molecule has 3 aromatic rings. The predicted molar refractivity (Wildman–Crippen MR) is 88.0 cm³/mol. The number of aryl methyl sites for hydroxylation is 1. The minimum Gasteiger partial charge on any atom is -0.357 e.